The highest BCUT2D eigenvalue weighted by Gasteiger charge is 2.26. The second kappa shape index (κ2) is 11.4. The first kappa shape index (κ1) is 23.4. The number of anilines is 1. The quantitative estimate of drug-likeness (QED) is 0.531. The average molecular weight is 458 g/mol. The van der Waals surface area contributed by atoms with Gasteiger partial charge < -0.3 is 20.3 Å². The van der Waals surface area contributed by atoms with E-state index in [4.69, 9.17) is 4.74 Å². The minimum atomic E-state index is -0.339. The van der Waals surface area contributed by atoms with Crippen molar-refractivity contribution < 1.29 is 14.3 Å². The Morgan fingerprint density at radius 1 is 0.882 bits per heavy atom. The van der Waals surface area contributed by atoms with Crippen molar-refractivity contribution in [3.63, 3.8) is 0 Å². The molecule has 1 saturated heterocycles. The van der Waals surface area contributed by atoms with Gasteiger partial charge in [-0.1, -0.05) is 72.8 Å². The van der Waals surface area contributed by atoms with E-state index in [2.05, 4.69) is 10.6 Å². The van der Waals surface area contributed by atoms with Crippen LogP contribution in [0.25, 0.3) is 0 Å². The molecule has 3 aromatic rings. The average Bonchev–Trinajstić information content (AvgIpc) is 2.89. The number of likely N-dealkylation sites (tertiary alicyclic amines) is 1. The molecule has 3 amide bonds. The van der Waals surface area contributed by atoms with Gasteiger partial charge >= 0.3 is 6.03 Å². The molecule has 0 saturated carbocycles. The SMILES string of the molecule is COc1ccccc1NC(=O)N1CCC(CNC(=O)C(c2ccccc2)c2ccccc2)CC1. The standard InChI is InChI=1S/C28H31N3O3/c1-34-25-15-9-8-14-24(25)30-28(33)31-18-16-21(17-19-31)20-29-27(32)26(22-10-4-2-5-11-22)23-12-6-3-7-13-23/h2-15,21,26H,16-20H2,1H3,(H,29,32)(H,30,33). The largest absolute Gasteiger partial charge is 0.495 e. The summed E-state index contributed by atoms with van der Waals surface area (Å²) < 4.78 is 5.31. The highest BCUT2D eigenvalue weighted by molar-refractivity contribution is 5.91. The summed E-state index contributed by atoms with van der Waals surface area (Å²) in [7, 11) is 1.59. The van der Waals surface area contributed by atoms with E-state index in [0.29, 0.717) is 37.0 Å². The van der Waals surface area contributed by atoms with E-state index < -0.39 is 0 Å². The van der Waals surface area contributed by atoms with Gasteiger partial charge in [-0.2, -0.15) is 0 Å². The van der Waals surface area contributed by atoms with Crippen LogP contribution in [-0.2, 0) is 4.79 Å². The molecule has 0 aromatic heterocycles. The van der Waals surface area contributed by atoms with Gasteiger partial charge in [0.1, 0.15) is 5.75 Å². The first-order valence-electron chi connectivity index (χ1n) is 11.7. The monoisotopic (exact) mass is 457 g/mol. The summed E-state index contributed by atoms with van der Waals surface area (Å²) in [6, 6.07) is 27.0. The van der Waals surface area contributed by atoms with Crippen LogP contribution in [-0.4, -0.2) is 43.6 Å². The summed E-state index contributed by atoms with van der Waals surface area (Å²) in [5.74, 6) is 0.647. The van der Waals surface area contributed by atoms with E-state index >= 15 is 0 Å². The summed E-state index contributed by atoms with van der Waals surface area (Å²) in [6.45, 7) is 1.92. The molecular formula is C28H31N3O3. The Morgan fingerprint density at radius 3 is 2.03 bits per heavy atom. The van der Waals surface area contributed by atoms with Gasteiger partial charge in [-0.15, -0.1) is 0 Å². The number of nitrogens with one attached hydrogen (secondary N) is 2. The van der Waals surface area contributed by atoms with Crippen molar-refractivity contribution in [2.45, 2.75) is 18.8 Å². The Hall–Kier alpha value is -3.80. The van der Waals surface area contributed by atoms with Gasteiger partial charge in [0.2, 0.25) is 5.91 Å². The number of rotatable bonds is 7. The normalized spacial score (nSPS) is 14.0. The van der Waals surface area contributed by atoms with Gasteiger partial charge in [0.25, 0.3) is 0 Å². The Bertz CT molecular complexity index is 1040. The fraction of sp³-hybridized carbons (Fsp3) is 0.286. The number of hydrogen-bond acceptors (Lipinski definition) is 3. The number of benzene rings is 3. The van der Waals surface area contributed by atoms with Crippen LogP contribution in [0.2, 0.25) is 0 Å². The highest BCUT2D eigenvalue weighted by atomic mass is 16.5. The second-order valence-electron chi connectivity index (χ2n) is 8.56. The van der Waals surface area contributed by atoms with Crippen molar-refractivity contribution in [3.8, 4) is 5.75 Å². The molecule has 2 N–H and O–H groups in total. The lowest BCUT2D eigenvalue weighted by Gasteiger charge is -2.32. The minimum Gasteiger partial charge on any atom is -0.495 e. The first-order chi connectivity index (χ1) is 16.7. The molecule has 1 aliphatic rings. The number of para-hydroxylation sites is 2. The van der Waals surface area contributed by atoms with Crippen LogP contribution in [0.3, 0.4) is 0 Å². The summed E-state index contributed by atoms with van der Waals surface area (Å²) in [4.78, 5) is 27.7. The van der Waals surface area contributed by atoms with Gasteiger partial charge in [-0.25, -0.2) is 4.79 Å². The van der Waals surface area contributed by atoms with Crippen molar-refractivity contribution >= 4 is 17.6 Å². The number of amides is 3. The second-order valence-corrected chi connectivity index (χ2v) is 8.56. The zero-order valence-electron chi connectivity index (χ0n) is 19.4. The van der Waals surface area contributed by atoms with Gasteiger partial charge in [-0.05, 0) is 42.0 Å². The summed E-state index contributed by atoms with van der Waals surface area (Å²) >= 11 is 0. The summed E-state index contributed by atoms with van der Waals surface area (Å²) in [6.07, 6.45) is 1.70. The molecule has 34 heavy (non-hydrogen) atoms. The van der Waals surface area contributed by atoms with Gasteiger partial charge in [0.05, 0.1) is 18.7 Å². The molecule has 0 spiro atoms. The van der Waals surface area contributed by atoms with E-state index in [0.717, 1.165) is 24.0 Å². The zero-order valence-corrected chi connectivity index (χ0v) is 19.4. The molecule has 0 atom stereocenters. The molecule has 3 aromatic carbocycles. The molecule has 176 valence electrons. The van der Waals surface area contributed by atoms with Crippen LogP contribution >= 0.6 is 0 Å². The first-order valence-corrected chi connectivity index (χ1v) is 11.7. The summed E-state index contributed by atoms with van der Waals surface area (Å²) in [5, 5.41) is 6.11. The predicted octanol–water partition coefficient (Wildman–Crippen LogP) is 4.89. The van der Waals surface area contributed by atoms with Crippen molar-refractivity contribution in [3.05, 3.63) is 96.1 Å². The number of urea groups is 1. The van der Waals surface area contributed by atoms with Crippen LogP contribution in [0.15, 0.2) is 84.9 Å². The van der Waals surface area contributed by atoms with E-state index in [1.54, 1.807) is 7.11 Å². The van der Waals surface area contributed by atoms with Crippen molar-refractivity contribution in [2.75, 3.05) is 32.1 Å². The minimum absolute atomic E-state index is 0.00810. The maximum atomic E-state index is 13.2. The lowest BCUT2D eigenvalue weighted by Crippen LogP contribution is -2.43. The number of ether oxygens (including phenoxy) is 1. The Balaban J connectivity index is 1.31. The van der Waals surface area contributed by atoms with Gasteiger partial charge in [0.15, 0.2) is 0 Å². The molecule has 1 fully saturated rings. The van der Waals surface area contributed by atoms with Crippen molar-refractivity contribution in [1.29, 1.82) is 0 Å². The molecule has 1 aliphatic heterocycles. The maximum absolute atomic E-state index is 13.2. The molecule has 6 heteroatoms. The van der Waals surface area contributed by atoms with Gasteiger partial charge in [0, 0.05) is 19.6 Å². The van der Waals surface area contributed by atoms with Crippen LogP contribution in [0.1, 0.15) is 29.9 Å². The fourth-order valence-corrected chi connectivity index (χ4v) is 4.42. The lowest BCUT2D eigenvalue weighted by atomic mass is 9.90. The summed E-state index contributed by atoms with van der Waals surface area (Å²) in [5.41, 5.74) is 2.63. The molecule has 4 rings (SSSR count). The smallest absolute Gasteiger partial charge is 0.321 e. The van der Waals surface area contributed by atoms with Crippen LogP contribution in [0.5, 0.6) is 5.75 Å². The Labute approximate surface area is 200 Å². The molecule has 0 radical (unpaired) electrons. The molecule has 1 heterocycles. The number of methoxy groups -OCH3 is 1. The van der Waals surface area contributed by atoms with Crippen LogP contribution < -0.4 is 15.4 Å². The third-order valence-electron chi connectivity index (χ3n) is 6.34. The number of hydrogen-bond donors (Lipinski definition) is 2. The lowest BCUT2D eigenvalue weighted by molar-refractivity contribution is -0.121. The molecule has 0 unspecified atom stereocenters. The number of carbonyl (C=O) groups is 2. The highest BCUT2D eigenvalue weighted by Crippen LogP contribution is 2.26. The number of piperidine rings is 1. The molecular weight excluding hydrogens is 426 g/mol. The van der Waals surface area contributed by atoms with Gasteiger partial charge in [-0.3, -0.25) is 4.79 Å². The van der Waals surface area contributed by atoms with E-state index in [-0.39, 0.29) is 17.9 Å². The van der Waals surface area contributed by atoms with Crippen LogP contribution in [0.4, 0.5) is 10.5 Å². The number of nitrogens with zero attached hydrogens (tertiary/aromatic N) is 1. The van der Waals surface area contributed by atoms with E-state index in [9.17, 15) is 9.59 Å². The maximum Gasteiger partial charge on any atom is 0.321 e. The van der Waals surface area contributed by atoms with E-state index in [1.165, 1.54) is 0 Å². The molecule has 0 aliphatic carbocycles. The van der Waals surface area contributed by atoms with Crippen LogP contribution in [0, 0.1) is 5.92 Å². The third kappa shape index (κ3) is 5.76. The Kier molecular flexibility index (Phi) is 7.81. The molecule has 6 nitrogen and oxygen atoms in total. The van der Waals surface area contributed by atoms with E-state index in [1.807, 2.05) is 89.8 Å². The molecule has 0 bridgehead atoms. The predicted molar refractivity (Wildman–Crippen MR) is 134 cm³/mol. The van der Waals surface area contributed by atoms with Crippen molar-refractivity contribution in [2.24, 2.45) is 5.92 Å². The number of carbonyl (C=O) groups excluding carboxylic acids is 2. The third-order valence-corrected chi connectivity index (χ3v) is 6.34. The fourth-order valence-electron chi connectivity index (χ4n) is 4.42. The zero-order chi connectivity index (χ0) is 23.8. The topological polar surface area (TPSA) is 70.7 Å². The Morgan fingerprint density at radius 2 is 1.44 bits per heavy atom. The van der Waals surface area contributed by atoms with Crippen molar-refractivity contribution in [1.82, 2.24) is 10.2 Å².